The molecule has 1 rings (SSSR count). The average molecular weight is 236 g/mol. The van der Waals surface area contributed by atoms with Crippen LogP contribution in [0.2, 0.25) is 0 Å². The fourth-order valence-electron chi connectivity index (χ4n) is 1.02. The maximum absolute atomic E-state index is 3.35. The van der Waals surface area contributed by atoms with E-state index < -0.39 is 0 Å². The second-order valence-electron chi connectivity index (χ2n) is 4.00. The van der Waals surface area contributed by atoms with E-state index in [0.717, 1.165) is 0 Å². The molecule has 0 amide bonds. The van der Waals surface area contributed by atoms with Crippen molar-refractivity contribution in [1.29, 1.82) is 0 Å². The molecule has 0 bridgehead atoms. The van der Waals surface area contributed by atoms with Gasteiger partial charge in [-0.05, 0) is 5.41 Å². The molecule has 0 heterocycles. The summed E-state index contributed by atoms with van der Waals surface area (Å²) < 4.78 is 0. The summed E-state index contributed by atoms with van der Waals surface area (Å²) in [6.45, 7) is 8.70. The van der Waals surface area contributed by atoms with Crippen molar-refractivity contribution in [2.75, 3.05) is 0 Å². The molecule has 0 saturated carbocycles. The molecule has 0 aliphatic heterocycles. The Hall–Kier alpha value is 0.324. The molecule has 63 valence electrons. The predicted molar refractivity (Wildman–Crippen MR) is 48.7 cm³/mol. The molecule has 0 N–H and O–H groups in total. The minimum atomic E-state index is 0. The largest absolute Gasteiger partial charge is 0.177 e. The molecule has 0 aromatic heterocycles. The third kappa shape index (κ3) is 3.37. The molecule has 0 spiro atoms. The summed E-state index contributed by atoms with van der Waals surface area (Å²) in [4.78, 5) is 0. The SMILES string of the molecule is Cc1[c-]c(C(C)(C)C)ccc1.[Y]. The average Bonchev–Trinajstić information content (AvgIpc) is 1.86. The van der Waals surface area contributed by atoms with Crippen molar-refractivity contribution in [3.05, 3.63) is 35.4 Å². The van der Waals surface area contributed by atoms with Gasteiger partial charge < -0.3 is 0 Å². The number of hydrogen-bond donors (Lipinski definition) is 0. The summed E-state index contributed by atoms with van der Waals surface area (Å²) in [6, 6.07) is 9.65. The van der Waals surface area contributed by atoms with E-state index in [2.05, 4.69) is 52.0 Å². The first kappa shape index (κ1) is 12.3. The minimum absolute atomic E-state index is 0. The molecular weight excluding hydrogens is 221 g/mol. The molecule has 0 unspecified atom stereocenters. The van der Waals surface area contributed by atoms with Gasteiger partial charge in [-0.1, -0.05) is 27.7 Å². The first-order valence-electron chi connectivity index (χ1n) is 3.99. The molecule has 1 aromatic carbocycles. The Balaban J connectivity index is 0.00000121. The molecule has 1 heteroatoms. The summed E-state index contributed by atoms with van der Waals surface area (Å²) in [5.74, 6) is 0. The van der Waals surface area contributed by atoms with E-state index >= 15 is 0 Å². The van der Waals surface area contributed by atoms with E-state index in [1.807, 2.05) is 0 Å². The topological polar surface area (TPSA) is 0 Å². The van der Waals surface area contributed by atoms with E-state index in [1.54, 1.807) is 0 Å². The first-order valence-corrected chi connectivity index (χ1v) is 3.99. The van der Waals surface area contributed by atoms with Gasteiger partial charge in [-0.3, -0.25) is 0 Å². The van der Waals surface area contributed by atoms with Crippen molar-refractivity contribution in [1.82, 2.24) is 0 Å². The van der Waals surface area contributed by atoms with Crippen molar-refractivity contribution in [2.24, 2.45) is 0 Å². The number of aryl methyl sites for hydroxylation is 1. The van der Waals surface area contributed by atoms with Crippen LogP contribution >= 0.6 is 0 Å². The molecule has 12 heavy (non-hydrogen) atoms. The zero-order valence-electron chi connectivity index (χ0n) is 8.31. The van der Waals surface area contributed by atoms with Crippen molar-refractivity contribution >= 4 is 0 Å². The quantitative estimate of drug-likeness (QED) is 0.607. The fourth-order valence-corrected chi connectivity index (χ4v) is 1.02. The van der Waals surface area contributed by atoms with Crippen LogP contribution in [0.5, 0.6) is 0 Å². The summed E-state index contributed by atoms with van der Waals surface area (Å²) in [5.41, 5.74) is 2.74. The monoisotopic (exact) mass is 236 g/mol. The van der Waals surface area contributed by atoms with Crippen LogP contribution in [0.4, 0.5) is 0 Å². The maximum atomic E-state index is 3.35. The van der Waals surface area contributed by atoms with Crippen LogP contribution in [0, 0.1) is 13.0 Å². The Morgan fingerprint density at radius 1 is 1.17 bits per heavy atom. The molecule has 0 fully saturated rings. The molecule has 0 aliphatic rings. The molecular formula is C11H15Y-. The van der Waals surface area contributed by atoms with E-state index in [9.17, 15) is 0 Å². The van der Waals surface area contributed by atoms with Crippen LogP contribution in [-0.2, 0) is 38.1 Å². The van der Waals surface area contributed by atoms with Crippen LogP contribution in [0.3, 0.4) is 0 Å². The predicted octanol–water partition coefficient (Wildman–Crippen LogP) is 3.09. The molecule has 1 radical (unpaired) electrons. The zero-order valence-corrected chi connectivity index (χ0v) is 11.1. The fraction of sp³-hybridized carbons (Fsp3) is 0.455. The summed E-state index contributed by atoms with van der Waals surface area (Å²) in [6.07, 6.45) is 0. The Morgan fingerprint density at radius 2 is 1.75 bits per heavy atom. The molecule has 0 saturated heterocycles. The van der Waals surface area contributed by atoms with Gasteiger partial charge >= 0.3 is 0 Å². The van der Waals surface area contributed by atoms with Crippen LogP contribution < -0.4 is 0 Å². The van der Waals surface area contributed by atoms with Gasteiger partial charge in [0.2, 0.25) is 0 Å². The first-order chi connectivity index (χ1) is 5.00. The Labute approximate surface area is 101 Å². The smallest absolute Gasteiger partial charge is 0 e. The van der Waals surface area contributed by atoms with Gasteiger partial charge in [0.25, 0.3) is 0 Å². The van der Waals surface area contributed by atoms with Gasteiger partial charge in [0.15, 0.2) is 0 Å². The van der Waals surface area contributed by atoms with E-state index in [0.29, 0.717) is 0 Å². The van der Waals surface area contributed by atoms with Crippen molar-refractivity contribution in [2.45, 2.75) is 33.1 Å². The molecule has 1 aromatic rings. The van der Waals surface area contributed by atoms with Gasteiger partial charge in [0.05, 0.1) is 0 Å². The van der Waals surface area contributed by atoms with Crippen LogP contribution in [0.1, 0.15) is 31.9 Å². The van der Waals surface area contributed by atoms with Crippen LogP contribution in [0.25, 0.3) is 0 Å². The van der Waals surface area contributed by atoms with Crippen molar-refractivity contribution in [3.63, 3.8) is 0 Å². The van der Waals surface area contributed by atoms with Gasteiger partial charge in [-0.25, -0.2) is 0 Å². The molecule has 0 aliphatic carbocycles. The maximum Gasteiger partial charge on any atom is 0 e. The number of rotatable bonds is 0. The summed E-state index contributed by atoms with van der Waals surface area (Å²) >= 11 is 0. The van der Waals surface area contributed by atoms with Crippen molar-refractivity contribution < 1.29 is 32.7 Å². The Morgan fingerprint density at radius 3 is 2.08 bits per heavy atom. The van der Waals surface area contributed by atoms with Gasteiger partial charge in [0.1, 0.15) is 0 Å². The second kappa shape index (κ2) is 4.53. The number of benzene rings is 1. The van der Waals surface area contributed by atoms with E-state index in [1.165, 1.54) is 11.1 Å². The summed E-state index contributed by atoms with van der Waals surface area (Å²) in [7, 11) is 0. The zero-order chi connectivity index (χ0) is 8.48. The van der Waals surface area contributed by atoms with Gasteiger partial charge in [0, 0.05) is 32.7 Å². The molecule has 0 nitrogen and oxygen atoms in total. The van der Waals surface area contributed by atoms with Crippen LogP contribution in [-0.4, -0.2) is 0 Å². The van der Waals surface area contributed by atoms with E-state index in [4.69, 9.17) is 0 Å². The second-order valence-corrected chi connectivity index (χ2v) is 4.00. The number of hydrogen-bond acceptors (Lipinski definition) is 0. The van der Waals surface area contributed by atoms with Gasteiger partial charge in [-0.2, -0.15) is 35.4 Å². The Kier molecular flexibility index (Phi) is 4.65. The Bertz CT molecular complexity index is 245. The standard InChI is InChI=1S/C11H15.Y/c1-9-6-5-7-10(8-9)11(2,3)4;/h5-7H,1-4H3;/q-1;. The third-order valence-electron chi connectivity index (χ3n) is 1.75. The van der Waals surface area contributed by atoms with Crippen LogP contribution in [0.15, 0.2) is 18.2 Å². The summed E-state index contributed by atoms with van der Waals surface area (Å²) in [5, 5.41) is 0. The third-order valence-corrected chi connectivity index (χ3v) is 1.75. The van der Waals surface area contributed by atoms with Crippen molar-refractivity contribution in [3.8, 4) is 0 Å². The minimum Gasteiger partial charge on any atom is -0.177 e. The normalized spacial score (nSPS) is 10.7. The molecule has 0 atom stereocenters. The van der Waals surface area contributed by atoms with Gasteiger partial charge in [-0.15, -0.1) is 0 Å². The van der Waals surface area contributed by atoms with E-state index in [-0.39, 0.29) is 38.1 Å².